The Kier molecular flexibility index (Phi) is 9.65. The minimum atomic E-state index is -3.94. The maximum absolute atomic E-state index is 14.5. The van der Waals surface area contributed by atoms with Crippen LogP contribution in [0.4, 0.5) is 0 Å². The van der Waals surface area contributed by atoms with Gasteiger partial charge in [0.1, 0.15) is 6.61 Å². The van der Waals surface area contributed by atoms with Gasteiger partial charge in [0.15, 0.2) is 11.5 Å². The molecule has 6 nitrogen and oxygen atoms in total. The molecule has 0 saturated heterocycles. The molecule has 1 aliphatic rings. The maximum Gasteiger partial charge on any atom is 0.244 e. The highest BCUT2D eigenvalue weighted by Gasteiger charge is 2.44. The summed E-state index contributed by atoms with van der Waals surface area (Å²) in [5, 5.41) is 0. The molecular weight excluding hydrogens is 558 g/mol. The minimum absolute atomic E-state index is 0.134. The number of ether oxygens (including phenoxy) is 3. The van der Waals surface area contributed by atoms with E-state index in [2.05, 4.69) is 6.07 Å². The van der Waals surface area contributed by atoms with Crippen LogP contribution >= 0.6 is 0 Å². The van der Waals surface area contributed by atoms with Gasteiger partial charge in [0.05, 0.1) is 31.3 Å². The molecule has 0 radical (unpaired) electrons. The molecule has 0 amide bonds. The van der Waals surface area contributed by atoms with Gasteiger partial charge in [0, 0.05) is 11.6 Å². The van der Waals surface area contributed by atoms with Crippen LogP contribution in [0.1, 0.15) is 46.3 Å². The summed E-state index contributed by atoms with van der Waals surface area (Å²) in [5.41, 5.74) is 5.74. The normalized spacial score (nSPS) is 17.1. The fraction of sp³-hybridized carbons (Fsp3) is 0.278. The van der Waals surface area contributed by atoms with Crippen molar-refractivity contribution < 1.29 is 22.6 Å². The average Bonchev–Trinajstić information content (AvgIpc) is 3.01. The summed E-state index contributed by atoms with van der Waals surface area (Å²) >= 11 is 0. The number of hydrogen-bond acceptors (Lipinski definition) is 5. The number of fused-ring (bicyclic) bond motifs is 1. The quantitative estimate of drug-likeness (QED) is 0.169. The predicted molar refractivity (Wildman–Crippen MR) is 170 cm³/mol. The molecule has 0 aromatic heterocycles. The van der Waals surface area contributed by atoms with Crippen molar-refractivity contribution in [3.05, 3.63) is 137 Å². The Morgan fingerprint density at radius 1 is 0.860 bits per heavy atom. The smallest absolute Gasteiger partial charge is 0.244 e. The number of allylic oxidation sites excluding steroid dienone is 1. The van der Waals surface area contributed by atoms with Gasteiger partial charge in [-0.15, -0.1) is 0 Å². The molecule has 224 valence electrons. The Hall–Kier alpha value is -3.91. The number of sulfonamides is 1. The number of hydrogen-bond donors (Lipinski definition) is 0. The van der Waals surface area contributed by atoms with Crippen molar-refractivity contribution >= 4 is 10.0 Å². The Bertz CT molecular complexity index is 1650. The van der Waals surface area contributed by atoms with Gasteiger partial charge in [-0.2, -0.15) is 4.31 Å². The standard InChI is InChI=1S/C36H39NO5S/c1-5-12-31-22-30-21-27(3)35(40-4)36(42-24-29-15-10-7-11-16-29)34(30)33(25-41-23-28-13-8-6-9-14-28)37(31)43(38,39)32-19-17-26(2)18-20-32/h5-21,31,33H,22-25H2,1-4H3/b12-5+/t31-,33-/m0/s1. The molecule has 43 heavy (non-hydrogen) atoms. The van der Waals surface area contributed by atoms with E-state index >= 15 is 0 Å². The van der Waals surface area contributed by atoms with Crippen molar-refractivity contribution in [1.29, 1.82) is 0 Å². The van der Waals surface area contributed by atoms with E-state index in [4.69, 9.17) is 14.2 Å². The highest BCUT2D eigenvalue weighted by molar-refractivity contribution is 7.89. The van der Waals surface area contributed by atoms with Crippen LogP contribution in [-0.2, 0) is 34.4 Å². The first-order valence-corrected chi connectivity index (χ1v) is 16.0. The first-order valence-electron chi connectivity index (χ1n) is 14.5. The third kappa shape index (κ3) is 6.69. The lowest BCUT2D eigenvalue weighted by atomic mass is 9.87. The van der Waals surface area contributed by atoms with Crippen LogP contribution in [0.3, 0.4) is 0 Å². The molecule has 0 N–H and O–H groups in total. The molecule has 0 aliphatic carbocycles. The Morgan fingerprint density at radius 2 is 1.49 bits per heavy atom. The van der Waals surface area contributed by atoms with Gasteiger partial charge in [-0.05, 0) is 61.6 Å². The lowest BCUT2D eigenvalue weighted by Crippen LogP contribution is -2.48. The van der Waals surface area contributed by atoms with E-state index in [0.717, 1.165) is 33.4 Å². The van der Waals surface area contributed by atoms with E-state index in [1.54, 1.807) is 23.5 Å². The third-order valence-electron chi connectivity index (χ3n) is 7.77. The summed E-state index contributed by atoms with van der Waals surface area (Å²) in [6, 6.07) is 27.8. The average molecular weight is 598 g/mol. The van der Waals surface area contributed by atoms with E-state index in [9.17, 15) is 8.42 Å². The molecule has 2 atom stereocenters. The van der Waals surface area contributed by atoms with E-state index < -0.39 is 22.1 Å². The van der Waals surface area contributed by atoms with Gasteiger partial charge in [0.25, 0.3) is 0 Å². The molecule has 0 saturated carbocycles. The fourth-order valence-corrected chi connectivity index (χ4v) is 7.48. The first kappa shape index (κ1) is 30.5. The summed E-state index contributed by atoms with van der Waals surface area (Å²) in [7, 11) is -2.32. The summed E-state index contributed by atoms with van der Waals surface area (Å²) < 4.78 is 49.4. The Morgan fingerprint density at radius 3 is 2.09 bits per heavy atom. The number of aryl methyl sites for hydroxylation is 2. The molecule has 5 rings (SSSR count). The molecule has 0 unspecified atom stereocenters. The van der Waals surface area contributed by atoms with E-state index in [1.807, 2.05) is 106 Å². The molecule has 0 bridgehead atoms. The van der Waals surface area contributed by atoms with Crippen LogP contribution in [0, 0.1) is 13.8 Å². The van der Waals surface area contributed by atoms with Gasteiger partial charge >= 0.3 is 0 Å². The molecule has 4 aromatic rings. The first-order chi connectivity index (χ1) is 20.8. The molecule has 1 aliphatic heterocycles. The second-order valence-electron chi connectivity index (χ2n) is 10.9. The summed E-state index contributed by atoms with van der Waals surface area (Å²) in [5.74, 6) is 1.15. The third-order valence-corrected chi connectivity index (χ3v) is 9.72. The van der Waals surface area contributed by atoms with Crippen molar-refractivity contribution in [2.24, 2.45) is 0 Å². The topological polar surface area (TPSA) is 65.1 Å². The second kappa shape index (κ2) is 13.6. The zero-order chi connectivity index (χ0) is 30.4. The monoisotopic (exact) mass is 597 g/mol. The molecule has 4 aromatic carbocycles. The SMILES string of the molecule is C/C=C/[C@H]1Cc2cc(C)c(OC)c(OCc3ccccc3)c2[C@H](COCc2ccccc2)N1S(=O)(=O)c1ccc(C)cc1. The van der Waals surface area contributed by atoms with Crippen LogP contribution in [0.5, 0.6) is 11.5 Å². The lowest BCUT2D eigenvalue weighted by molar-refractivity contribution is 0.0649. The van der Waals surface area contributed by atoms with Crippen LogP contribution in [0.15, 0.2) is 108 Å². The summed E-state index contributed by atoms with van der Waals surface area (Å²) in [6.07, 6.45) is 4.37. The molecular formula is C36H39NO5S. The summed E-state index contributed by atoms with van der Waals surface area (Å²) in [4.78, 5) is 0.245. The fourth-order valence-electron chi connectivity index (χ4n) is 5.76. The highest BCUT2D eigenvalue weighted by Crippen LogP contribution is 2.48. The molecule has 1 heterocycles. The number of rotatable bonds is 11. The molecule has 7 heteroatoms. The van der Waals surface area contributed by atoms with Gasteiger partial charge in [-0.25, -0.2) is 8.42 Å². The van der Waals surface area contributed by atoms with Gasteiger partial charge in [-0.1, -0.05) is 96.6 Å². The predicted octanol–water partition coefficient (Wildman–Crippen LogP) is 7.34. The highest BCUT2D eigenvalue weighted by atomic mass is 32.2. The zero-order valence-electron chi connectivity index (χ0n) is 25.2. The number of methoxy groups -OCH3 is 1. The van der Waals surface area contributed by atoms with Crippen molar-refractivity contribution in [2.45, 2.75) is 57.4 Å². The van der Waals surface area contributed by atoms with E-state index in [0.29, 0.717) is 31.1 Å². The summed E-state index contributed by atoms with van der Waals surface area (Å²) in [6.45, 7) is 6.66. The van der Waals surface area contributed by atoms with Crippen LogP contribution in [-0.4, -0.2) is 32.5 Å². The van der Waals surface area contributed by atoms with Gasteiger partial charge < -0.3 is 14.2 Å². The Labute approximate surface area is 255 Å². The zero-order valence-corrected chi connectivity index (χ0v) is 26.0. The lowest BCUT2D eigenvalue weighted by Gasteiger charge is -2.42. The second-order valence-corrected chi connectivity index (χ2v) is 12.7. The largest absolute Gasteiger partial charge is 0.493 e. The van der Waals surface area contributed by atoms with Crippen LogP contribution in [0.2, 0.25) is 0 Å². The van der Waals surface area contributed by atoms with E-state index in [1.165, 1.54) is 0 Å². The van der Waals surface area contributed by atoms with Crippen LogP contribution in [0.25, 0.3) is 0 Å². The van der Waals surface area contributed by atoms with Crippen molar-refractivity contribution in [1.82, 2.24) is 4.31 Å². The number of nitrogens with zero attached hydrogens (tertiary/aromatic N) is 1. The molecule has 0 spiro atoms. The van der Waals surface area contributed by atoms with Crippen molar-refractivity contribution in [2.75, 3.05) is 13.7 Å². The van der Waals surface area contributed by atoms with Gasteiger partial charge in [-0.3, -0.25) is 0 Å². The van der Waals surface area contributed by atoms with Crippen LogP contribution < -0.4 is 9.47 Å². The maximum atomic E-state index is 14.5. The van der Waals surface area contributed by atoms with Crippen molar-refractivity contribution in [3.63, 3.8) is 0 Å². The minimum Gasteiger partial charge on any atom is -0.493 e. The van der Waals surface area contributed by atoms with Crippen molar-refractivity contribution in [3.8, 4) is 11.5 Å². The molecule has 0 fully saturated rings. The van der Waals surface area contributed by atoms with Gasteiger partial charge in [0.2, 0.25) is 10.0 Å². The van der Waals surface area contributed by atoms with E-state index in [-0.39, 0.29) is 11.5 Å². The number of benzene rings is 4. The Balaban J connectivity index is 1.65.